The third kappa shape index (κ3) is 2.74. The number of amides is 1. The van der Waals surface area contributed by atoms with Gasteiger partial charge in [0, 0.05) is 0 Å². The second kappa shape index (κ2) is 5.27. The zero-order valence-corrected chi connectivity index (χ0v) is 10.1. The molecule has 2 N–H and O–H groups in total. The Labute approximate surface area is 109 Å². The largest absolute Gasteiger partial charge is 0.481 e. The lowest BCUT2D eigenvalue weighted by molar-refractivity contribution is -0.384. The molecule has 0 aliphatic carbocycles. The minimum atomic E-state index is -0.512. The van der Waals surface area contributed by atoms with Gasteiger partial charge in [-0.1, -0.05) is 5.92 Å². The fraction of sp³-hybridized carbons (Fsp3) is 0.250. The molecule has 0 atom stereocenters. The molecule has 7 heteroatoms. The summed E-state index contributed by atoms with van der Waals surface area (Å²) in [6, 6.07) is 2.76. The number of carbonyl (C=O) groups excluding carboxylic acids is 1. The van der Waals surface area contributed by atoms with Crippen molar-refractivity contribution in [1.29, 1.82) is 0 Å². The van der Waals surface area contributed by atoms with Crippen LogP contribution in [0, 0.1) is 22.0 Å². The summed E-state index contributed by atoms with van der Waals surface area (Å²) in [5.41, 5.74) is 0.582. The fourth-order valence-corrected chi connectivity index (χ4v) is 1.64. The molecule has 19 heavy (non-hydrogen) atoms. The molecule has 0 fully saturated rings. The molecule has 0 unspecified atom stereocenters. The van der Waals surface area contributed by atoms with E-state index in [1.807, 2.05) is 0 Å². The van der Waals surface area contributed by atoms with E-state index in [1.54, 1.807) is 6.92 Å². The standard InChI is InChI=1S/C12H11N3O4/c1-2-3-4-13-8-5-9-11(6-10(8)15(17)18)19-7-12(16)14-9/h5-6,13H,4,7H2,1H3,(H,14,16). The summed E-state index contributed by atoms with van der Waals surface area (Å²) in [5, 5.41) is 16.4. The molecule has 2 rings (SSSR count). The third-order valence-electron chi connectivity index (χ3n) is 2.47. The molecule has 1 aromatic carbocycles. The summed E-state index contributed by atoms with van der Waals surface area (Å²) in [6.07, 6.45) is 0. The van der Waals surface area contributed by atoms with Gasteiger partial charge in [-0.15, -0.1) is 5.92 Å². The molecule has 1 aliphatic rings. The summed E-state index contributed by atoms with van der Waals surface area (Å²) < 4.78 is 5.13. The zero-order chi connectivity index (χ0) is 13.8. The van der Waals surface area contributed by atoms with Crippen LogP contribution >= 0.6 is 0 Å². The van der Waals surface area contributed by atoms with Gasteiger partial charge >= 0.3 is 0 Å². The quantitative estimate of drug-likeness (QED) is 0.487. The van der Waals surface area contributed by atoms with Gasteiger partial charge in [0.15, 0.2) is 12.4 Å². The van der Waals surface area contributed by atoms with Gasteiger partial charge in [-0.3, -0.25) is 14.9 Å². The molecule has 7 nitrogen and oxygen atoms in total. The van der Waals surface area contributed by atoms with Crippen LogP contribution in [-0.2, 0) is 4.79 Å². The van der Waals surface area contributed by atoms with E-state index in [0.717, 1.165) is 0 Å². The monoisotopic (exact) mass is 261 g/mol. The van der Waals surface area contributed by atoms with Crippen LogP contribution in [-0.4, -0.2) is 24.0 Å². The predicted molar refractivity (Wildman–Crippen MR) is 69.2 cm³/mol. The number of nitro groups is 1. The van der Waals surface area contributed by atoms with E-state index in [4.69, 9.17) is 4.74 Å². The number of anilines is 2. The van der Waals surface area contributed by atoms with E-state index in [2.05, 4.69) is 22.5 Å². The van der Waals surface area contributed by atoms with Crippen LogP contribution in [0.2, 0.25) is 0 Å². The van der Waals surface area contributed by atoms with Crippen molar-refractivity contribution in [3.05, 3.63) is 22.2 Å². The van der Waals surface area contributed by atoms with Crippen LogP contribution in [0.25, 0.3) is 0 Å². The van der Waals surface area contributed by atoms with E-state index in [9.17, 15) is 14.9 Å². The van der Waals surface area contributed by atoms with Gasteiger partial charge in [0.25, 0.3) is 11.6 Å². The Hall–Kier alpha value is -2.75. The van der Waals surface area contributed by atoms with Crippen molar-refractivity contribution in [3.63, 3.8) is 0 Å². The molecule has 0 saturated carbocycles. The van der Waals surface area contributed by atoms with Crippen LogP contribution in [0.3, 0.4) is 0 Å². The minimum absolute atomic E-state index is 0.118. The molecular formula is C12H11N3O4. The number of hydrogen-bond donors (Lipinski definition) is 2. The van der Waals surface area contributed by atoms with Gasteiger partial charge in [-0.2, -0.15) is 0 Å². The normalized spacial score (nSPS) is 12.4. The summed E-state index contributed by atoms with van der Waals surface area (Å²) in [5.74, 6) is 5.43. The van der Waals surface area contributed by atoms with Crippen molar-refractivity contribution in [2.75, 3.05) is 23.8 Å². The zero-order valence-electron chi connectivity index (χ0n) is 10.1. The Balaban J connectivity index is 2.38. The van der Waals surface area contributed by atoms with Crippen molar-refractivity contribution in [3.8, 4) is 17.6 Å². The van der Waals surface area contributed by atoms with Gasteiger partial charge < -0.3 is 15.4 Å². The lowest BCUT2D eigenvalue weighted by Gasteiger charge is -2.18. The maximum Gasteiger partial charge on any atom is 0.296 e. The van der Waals surface area contributed by atoms with Crippen molar-refractivity contribution in [2.24, 2.45) is 0 Å². The summed E-state index contributed by atoms with van der Waals surface area (Å²) in [4.78, 5) is 21.7. The maximum atomic E-state index is 11.2. The van der Waals surface area contributed by atoms with Crippen LogP contribution in [0.5, 0.6) is 5.75 Å². The Bertz CT molecular complexity index is 601. The SMILES string of the molecule is CC#CCNc1cc2c(cc1[N+](=O)[O-])OCC(=O)N2. The second-order valence-corrected chi connectivity index (χ2v) is 3.74. The number of rotatable bonds is 3. The molecule has 0 spiro atoms. The first-order chi connectivity index (χ1) is 9.11. The van der Waals surface area contributed by atoms with Crippen molar-refractivity contribution in [2.45, 2.75) is 6.92 Å². The number of fused-ring (bicyclic) bond motifs is 1. The number of carbonyl (C=O) groups is 1. The summed E-state index contributed by atoms with van der Waals surface area (Å²) in [6.45, 7) is 1.82. The highest BCUT2D eigenvalue weighted by Gasteiger charge is 2.23. The highest BCUT2D eigenvalue weighted by Crippen LogP contribution is 2.37. The van der Waals surface area contributed by atoms with Gasteiger partial charge in [0.1, 0.15) is 5.69 Å². The molecule has 1 heterocycles. The fourth-order valence-electron chi connectivity index (χ4n) is 1.64. The van der Waals surface area contributed by atoms with Gasteiger partial charge in [0.05, 0.1) is 23.2 Å². The molecule has 0 saturated heterocycles. The Morgan fingerprint density at radius 3 is 3.05 bits per heavy atom. The highest BCUT2D eigenvalue weighted by molar-refractivity contribution is 5.96. The van der Waals surface area contributed by atoms with Crippen molar-refractivity contribution < 1.29 is 14.5 Å². The second-order valence-electron chi connectivity index (χ2n) is 3.74. The van der Waals surface area contributed by atoms with Crippen LogP contribution in [0.1, 0.15) is 6.92 Å². The van der Waals surface area contributed by atoms with Gasteiger partial charge in [-0.25, -0.2) is 0 Å². The Morgan fingerprint density at radius 2 is 2.37 bits per heavy atom. The average Bonchev–Trinajstić information content (AvgIpc) is 2.37. The third-order valence-corrected chi connectivity index (χ3v) is 2.47. The van der Waals surface area contributed by atoms with Gasteiger partial charge in [-0.05, 0) is 13.0 Å². The first kappa shape index (κ1) is 12.7. The molecule has 0 radical (unpaired) electrons. The molecular weight excluding hydrogens is 250 g/mol. The number of nitrogens with zero attached hydrogens (tertiary/aromatic N) is 1. The number of nitrogens with one attached hydrogen (secondary N) is 2. The Morgan fingerprint density at radius 1 is 1.58 bits per heavy atom. The smallest absolute Gasteiger partial charge is 0.296 e. The van der Waals surface area contributed by atoms with E-state index in [-0.39, 0.29) is 30.4 Å². The summed E-state index contributed by atoms with van der Waals surface area (Å²) in [7, 11) is 0. The van der Waals surface area contributed by atoms with Crippen LogP contribution in [0.15, 0.2) is 12.1 Å². The lowest BCUT2D eigenvalue weighted by atomic mass is 10.2. The van der Waals surface area contributed by atoms with Crippen molar-refractivity contribution in [1.82, 2.24) is 0 Å². The van der Waals surface area contributed by atoms with E-state index in [1.165, 1.54) is 12.1 Å². The van der Waals surface area contributed by atoms with Crippen LogP contribution < -0.4 is 15.4 Å². The Kier molecular flexibility index (Phi) is 3.52. The highest BCUT2D eigenvalue weighted by atomic mass is 16.6. The van der Waals surface area contributed by atoms with Crippen LogP contribution in [0.4, 0.5) is 17.1 Å². The summed E-state index contributed by atoms with van der Waals surface area (Å²) >= 11 is 0. The number of ether oxygens (including phenoxy) is 1. The molecule has 0 bridgehead atoms. The van der Waals surface area contributed by atoms with E-state index < -0.39 is 4.92 Å². The molecule has 1 amide bonds. The minimum Gasteiger partial charge on any atom is -0.481 e. The van der Waals surface area contributed by atoms with Crippen molar-refractivity contribution >= 4 is 23.0 Å². The predicted octanol–water partition coefficient (Wildman–Crippen LogP) is 1.36. The molecule has 1 aromatic rings. The molecule has 98 valence electrons. The maximum absolute atomic E-state index is 11.2. The average molecular weight is 261 g/mol. The first-order valence-electron chi connectivity index (χ1n) is 5.50. The number of benzene rings is 1. The number of nitro benzene ring substituents is 1. The van der Waals surface area contributed by atoms with Gasteiger partial charge in [0.2, 0.25) is 0 Å². The topological polar surface area (TPSA) is 93.5 Å². The molecule has 0 aromatic heterocycles. The first-order valence-corrected chi connectivity index (χ1v) is 5.50. The van der Waals surface area contributed by atoms with E-state index in [0.29, 0.717) is 11.4 Å². The number of hydrogen-bond acceptors (Lipinski definition) is 5. The van der Waals surface area contributed by atoms with E-state index >= 15 is 0 Å². The lowest BCUT2D eigenvalue weighted by Crippen LogP contribution is -2.25. The molecule has 1 aliphatic heterocycles.